The lowest BCUT2D eigenvalue weighted by Crippen LogP contribution is -2.53. The van der Waals surface area contributed by atoms with E-state index in [0.29, 0.717) is 25.3 Å². The monoisotopic (exact) mass is 413 g/mol. The molecule has 0 saturated carbocycles. The molecule has 0 saturated heterocycles. The van der Waals surface area contributed by atoms with Gasteiger partial charge in [0.1, 0.15) is 11.9 Å². The van der Waals surface area contributed by atoms with Crippen LogP contribution in [0.15, 0.2) is 30.3 Å². The minimum absolute atomic E-state index is 0.0595. The molecule has 2 amide bonds. The second-order valence-corrected chi connectivity index (χ2v) is 8.63. The van der Waals surface area contributed by atoms with Crippen LogP contribution in [0.2, 0.25) is 0 Å². The Morgan fingerprint density at radius 2 is 1.90 bits per heavy atom. The molecular formula is C22H31N5O3. The smallest absolute Gasteiger partial charge is 0.272 e. The van der Waals surface area contributed by atoms with E-state index < -0.39 is 11.5 Å². The van der Waals surface area contributed by atoms with Crippen LogP contribution in [0, 0.1) is 5.41 Å². The molecule has 0 radical (unpaired) electrons. The van der Waals surface area contributed by atoms with Gasteiger partial charge in [0.2, 0.25) is 5.91 Å². The molecule has 1 aromatic carbocycles. The van der Waals surface area contributed by atoms with Crippen LogP contribution in [0.3, 0.4) is 0 Å². The van der Waals surface area contributed by atoms with Crippen LogP contribution in [0.25, 0.3) is 11.4 Å². The third-order valence-electron chi connectivity index (χ3n) is 5.40. The minimum Gasteiger partial charge on any atom is -0.395 e. The first-order chi connectivity index (χ1) is 14.3. The molecule has 30 heavy (non-hydrogen) atoms. The number of aliphatic hydroxyl groups is 1. The van der Waals surface area contributed by atoms with Crippen LogP contribution in [0.5, 0.6) is 0 Å². The van der Waals surface area contributed by atoms with Crippen molar-refractivity contribution < 1.29 is 14.7 Å². The minimum atomic E-state index is -0.690. The Hall–Kier alpha value is -2.71. The molecule has 1 atom stereocenters. The lowest BCUT2D eigenvalue weighted by molar-refractivity contribution is -0.124. The van der Waals surface area contributed by atoms with E-state index in [0.717, 1.165) is 23.6 Å². The summed E-state index contributed by atoms with van der Waals surface area (Å²) in [5.41, 5.74) is 1.61. The molecule has 8 heteroatoms. The highest BCUT2D eigenvalue weighted by atomic mass is 16.3. The van der Waals surface area contributed by atoms with Crippen molar-refractivity contribution in [3.8, 4) is 11.4 Å². The zero-order valence-electron chi connectivity index (χ0n) is 18.1. The summed E-state index contributed by atoms with van der Waals surface area (Å²) in [5, 5.41) is 14.9. The SMILES string of the molecule is CNC(=O)C(NC(=O)c1nc(-c2ccccc2)n2c1CN(CCO)CC2)C(C)(C)C. The maximum atomic E-state index is 13.3. The van der Waals surface area contributed by atoms with Crippen molar-refractivity contribution in [2.75, 3.05) is 26.7 Å². The summed E-state index contributed by atoms with van der Waals surface area (Å²) in [6.45, 7) is 8.30. The molecule has 1 aliphatic heterocycles. The molecule has 2 heterocycles. The van der Waals surface area contributed by atoms with Crippen molar-refractivity contribution in [3.63, 3.8) is 0 Å². The van der Waals surface area contributed by atoms with Crippen molar-refractivity contribution in [1.82, 2.24) is 25.1 Å². The number of rotatable bonds is 6. The highest BCUT2D eigenvalue weighted by Crippen LogP contribution is 2.27. The lowest BCUT2D eigenvalue weighted by Gasteiger charge is -2.30. The number of likely N-dealkylation sites (N-methyl/N-ethyl adjacent to an activating group) is 1. The summed E-state index contributed by atoms with van der Waals surface area (Å²) in [5.74, 6) is 0.135. The molecule has 0 aliphatic carbocycles. The predicted octanol–water partition coefficient (Wildman–Crippen LogP) is 1.25. The van der Waals surface area contributed by atoms with E-state index >= 15 is 0 Å². The Labute approximate surface area is 177 Å². The van der Waals surface area contributed by atoms with Gasteiger partial charge in [0.15, 0.2) is 5.69 Å². The molecule has 8 nitrogen and oxygen atoms in total. The second kappa shape index (κ2) is 8.97. The van der Waals surface area contributed by atoms with E-state index in [4.69, 9.17) is 4.98 Å². The zero-order chi connectivity index (χ0) is 21.9. The summed E-state index contributed by atoms with van der Waals surface area (Å²) in [6.07, 6.45) is 0. The van der Waals surface area contributed by atoms with Gasteiger partial charge in [-0.3, -0.25) is 14.5 Å². The first kappa shape index (κ1) is 22.0. The quantitative estimate of drug-likeness (QED) is 0.662. The van der Waals surface area contributed by atoms with E-state index in [-0.39, 0.29) is 18.4 Å². The van der Waals surface area contributed by atoms with Crippen molar-refractivity contribution in [3.05, 3.63) is 41.7 Å². The van der Waals surface area contributed by atoms with Crippen molar-refractivity contribution in [1.29, 1.82) is 0 Å². The summed E-state index contributed by atoms with van der Waals surface area (Å²) in [7, 11) is 1.56. The number of nitrogens with zero attached hydrogens (tertiary/aromatic N) is 3. The van der Waals surface area contributed by atoms with Gasteiger partial charge < -0.3 is 20.3 Å². The second-order valence-electron chi connectivity index (χ2n) is 8.63. The number of hydrogen-bond donors (Lipinski definition) is 3. The van der Waals surface area contributed by atoms with Crippen molar-refractivity contribution in [2.45, 2.75) is 39.9 Å². The number of aromatic nitrogens is 2. The molecule has 3 rings (SSSR count). The molecule has 1 aliphatic rings. The Morgan fingerprint density at radius 3 is 2.50 bits per heavy atom. The summed E-state index contributed by atoms with van der Waals surface area (Å²) >= 11 is 0. The first-order valence-electron chi connectivity index (χ1n) is 10.3. The molecule has 0 spiro atoms. The van der Waals surface area contributed by atoms with E-state index in [1.54, 1.807) is 7.05 Å². The molecule has 0 bridgehead atoms. The number of imidazole rings is 1. The van der Waals surface area contributed by atoms with Gasteiger partial charge in [-0.2, -0.15) is 0 Å². The Balaban J connectivity index is 2.00. The molecule has 1 aromatic heterocycles. The number of benzene rings is 1. The van der Waals surface area contributed by atoms with Crippen molar-refractivity contribution >= 4 is 11.8 Å². The number of aliphatic hydroxyl groups excluding tert-OH is 1. The summed E-state index contributed by atoms with van der Waals surface area (Å²) in [4.78, 5) is 32.5. The van der Waals surface area contributed by atoms with Crippen LogP contribution >= 0.6 is 0 Å². The normalized spacial score (nSPS) is 15.4. The first-order valence-corrected chi connectivity index (χ1v) is 10.3. The lowest BCUT2D eigenvalue weighted by atomic mass is 9.86. The molecular weight excluding hydrogens is 382 g/mol. The Kier molecular flexibility index (Phi) is 6.58. The van der Waals surface area contributed by atoms with Gasteiger partial charge in [-0.05, 0) is 5.41 Å². The molecule has 2 aromatic rings. The van der Waals surface area contributed by atoms with Crippen molar-refractivity contribution in [2.24, 2.45) is 5.41 Å². The fraction of sp³-hybridized carbons (Fsp3) is 0.500. The van der Waals surface area contributed by atoms with E-state index in [2.05, 4.69) is 20.1 Å². The van der Waals surface area contributed by atoms with Gasteiger partial charge in [0.25, 0.3) is 5.91 Å². The fourth-order valence-electron chi connectivity index (χ4n) is 3.76. The standard InChI is InChI=1S/C22H31N5O3/c1-22(2,3)18(21(30)23-4)25-20(29)17-16-14-26(12-13-28)10-11-27(16)19(24-17)15-8-6-5-7-9-15/h5-9,18,28H,10-14H2,1-4H3,(H,23,30)(H,25,29). The van der Waals surface area contributed by atoms with Gasteiger partial charge in [-0.1, -0.05) is 51.1 Å². The van der Waals surface area contributed by atoms with Crippen LogP contribution in [-0.4, -0.2) is 64.2 Å². The molecule has 162 valence electrons. The topological polar surface area (TPSA) is 99.5 Å². The highest BCUT2D eigenvalue weighted by molar-refractivity contribution is 5.97. The fourth-order valence-corrected chi connectivity index (χ4v) is 3.76. The zero-order valence-corrected chi connectivity index (χ0v) is 18.1. The Morgan fingerprint density at radius 1 is 1.20 bits per heavy atom. The number of amides is 2. The summed E-state index contributed by atoms with van der Waals surface area (Å²) < 4.78 is 2.07. The van der Waals surface area contributed by atoms with Gasteiger partial charge >= 0.3 is 0 Å². The number of carbonyl (C=O) groups excluding carboxylic acids is 2. The largest absolute Gasteiger partial charge is 0.395 e. The van der Waals surface area contributed by atoms with E-state index in [1.165, 1.54) is 0 Å². The van der Waals surface area contributed by atoms with Gasteiger partial charge in [-0.25, -0.2) is 4.98 Å². The Bertz CT molecular complexity index is 901. The van der Waals surface area contributed by atoms with Crippen LogP contribution in [-0.2, 0) is 17.9 Å². The van der Waals surface area contributed by atoms with Crippen LogP contribution in [0.1, 0.15) is 37.0 Å². The average molecular weight is 414 g/mol. The number of fused-ring (bicyclic) bond motifs is 1. The van der Waals surface area contributed by atoms with E-state index in [1.807, 2.05) is 51.1 Å². The molecule has 1 unspecified atom stereocenters. The van der Waals surface area contributed by atoms with Gasteiger partial charge in [-0.15, -0.1) is 0 Å². The maximum absolute atomic E-state index is 13.3. The molecule has 3 N–H and O–H groups in total. The van der Waals surface area contributed by atoms with Crippen LogP contribution < -0.4 is 10.6 Å². The predicted molar refractivity (Wildman–Crippen MR) is 115 cm³/mol. The number of carbonyl (C=O) groups is 2. The number of β-amino-alcohol motifs (C(OH)–C–C–N with tert-alkyl or cyclic N) is 1. The third-order valence-corrected chi connectivity index (χ3v) is 5.40. The van der Waals surface area contributed by atoms with E-state index in [9.17, 15) is 14.7 Å². The van der Waals surface area contributed by atoms with Gasteiger partial charge in [0.05, 0.1) is 12.3 Å². The summed E-state index contributed by atoms with van der Waals surface area (Å²) in [6, 6.07) is 9.08. The molecule has 0 fully saturated rings. The van der Waals surface area contributed by atoms with Crippen LogP contribution in [0.4, 0.5) is 0 Å². The average Bonchev–Trinajstić information content (AvgIpc) is 3.10. The maximum Gasteiger partial charge on any atom is 0.272 e. The number of nitrogens with one attached hydrogen (secondary N) is 2. The third kappa shape index (κ3) is 4.55. The number of hydrogen-bond acceptors (Lipinski definition) is 5. The van der Waals surface area contributed by atoms with Gasteiger partial charge in [0, 0.05) is 38.8 Å². The highest BCUT2D eigenvalue weighted by Gasteiger charge is 2.35.